The summed E-state index contributed by atoms with van der Waals surface area (Å²) >= 11 is 0. The number of nitrogens with one attached hydrogen (secondary N) is 2. The SMILES string of the molecule is CC(C)CCC1CCN(C(=O)c2[nH]c(=O)[nH]c(=O)c2N)CC1. The molecule has 1 saturated heterocycles. The van der Waals surface area contributed by atoms with E-state index in [1.54, 1.807) is 4.90 Å². The molecule has 0 atom stereocenters. The fourth-order valence-electron chi connectivity index (χ4n) is 2.82. The van der Waals surface area contributed by atoms with Crippen LogP contribution in [0.25, 0.3) is 0 Å². The van der Waals surface area contributed by atoms with E-state index in [9.17, 15) is 14.4 Å². The topological polar surface area (TPSA) is 112 Å². The summed E-state index contributed by atoms with van der Waals surface area (Å²) in [4.78, 5) is 41.2. The van der Waals surface area contributed by atoms with Gasteiger partial charge in [0.15, 0.2) is 0 Å². The fraction of sp³-hybridized carbons (Fsp3) is 0.667. The van der Waals surface area contributed by atoms with Crippen LogP contribution in [0.3, 0.4) is 0 Å². The molecule has 1 amide bonds. The molecule has 1 fully saturated rings. The lowest BCUT2D eigenvalue weighted by Crippen LogP contribution is -2.41. The largest absolute Gasteiger partial charge is 0.392 e. The van der Waals surface area contributed by atoms with Gasteiger partial charge >= 0.3 is 5.69 Å². The Balaban J connectivity index is 2.01. The van der Waals surface area contributed by atoms with Gasteiger partial charge in [-0.3, -0.25) is 14.6 Å². The van der Waals surface area contributed by atoms with Gasteiger partial charge in [0, 0.05) is 13.1 Å². The van der Waals surface area contributed by atoms with Crippen molar-refractivity contribution in [1.29, 1.82) is 0 Å². The predicted molar refractivity (Wildman–Crippen MR) is 84.8 cm³/mol. The number of nitrogen functional groups attached to an aromatic ring is 1. The van der Waals surface area contributed by atoms with Crippen LogP contribution < -0.4 is 17.0 Å². The Bertz CT molecular complexity index is 639. The molecule has 1 aromatic rings. The third-order valence-corrected chi connectivity index (χ3v) is 4.25. The van der Waals surface area contributed by atoms with E-state index in [0.717, 1.165) is 12.8 Å². The normalized spacial score (nSPS) is 16.2. The van der Waals surface area contributed by atoms with E-state index < -0.39 is 11.2 Å². The van der Waals surface area contributed by atoms with Gasteiger partial charge in [0.2, 0.25) is 0 Å². The summed E-state index contributed by atoms with van der Waals surface area (Å²) in [6.45, 7) is 5.70. The molecule has 0 bridgehead atoms. The number of nitrogens with zero attached hydrogens (tertiary/aromatic N) is 1. The second kappa shape index (κ2) is 6.81. The lowest BCUT2D eigenvalue weighted by molar-refractivity contribution is 0.0679. The summed E-state index contributed by atoms with van der Waals surface area (Å²) in [6.07, 6.45) is 4.29. The Hall–Kier alpha value is -2.05. The van der Waals surface area contributed by atoms with Gasteiger partial charge in [0.05, 0.1) is 0 Å². The van der Waals surface area contributed by atoms with Crippen molar-refractivity contribution < 1.29 is 4.79 Å². The number of hydrogen-bond donors (Lipinski definition) is 3. The number of rotatable bonds is 4. The molecule has 0 spiro atoms. The molecular weight excluding hydrogens is 284 g/mol. The molecule has 22 heavy (non-hydrogen) atoms. The van der Waals surface area contributed by atoms with E-state index in [4.69, 9.17) is 5.73 Å². The minimum absolute atomic E-state index is 0.102. The third kappa shape index (κ3) is 3.78. The van der Waals surface area contributed by atoms with Crippen molar-refractivity contribution in [3.05, 3.63) is 26.5 Å². The minimum atomic E-state index is -0.723. The Morgan fingerprint density at radius 2 is 1.91 bits per heavy atom. The Morgan fingerprint density at radius 1 is 1.27 bits per heavy atom. The second-order valence-electron chi connectivity index (χ2n) is 6.40. The number of carbonyl (C=O) groups excluding carboxylic acids is 1. The fourth-order valence-corrected chi connectivity index (χ4v) is 2.82. The lowest BCUT2D eigenvalue weighted by atomic mass is 9.89. The first kappa shape index (κ1) is 16.3. The maximum Gasteiger partial charge on any atom is 0.326 e. The van der Waals surface area contributed by atoms with Crippen molar-refractivity contribution >= 4 is 11.6 Å². The third-order valence-electron chi connectivity index (χ3n) is 4.25. The Labute approximate surface area is 128 Å². The van der Waals surface area contributed by atoms with E-state index in [1.807, 2.05) is 4.98 Å². The number of hydrogen-bond acceptors (Lipinski definition) is 4. The van der Waals surface area contributed by atoms with Crippen LogP contribution in [-0.2, 0) is 0 Å². The van der Waals surface area contributed by atoms with E-state index in [1.165, 1.54) is 12.8 Å². The number of aromatic nitrogens is 2. The molecule has 0 radical (unpaired) electrons. The van der Waals surface area contributed by atoms with Crippen LogP contribution in [0.15, 0.2) is 9.59 Å². The molecule has 2 heterocycles. The van der Waals surface area contributed by atoms with Crippen molar-refractivity contribution in [2.45, 2.75) is 39.5 Å². The molecule has 7 nitrogen and oxygen atoms in total. The van der Waals surface area contributed by atoms with Gasteiger partial charge in [-0.25, -0.2) is 4.79 Å². The van der Waals surface area contributed by atoms with Crippen molar-refractivity contribution in [2.75, 3.05) is 18.8 Å². The quantitative estimate of drug-likeness (QED) is 0.768. The molecule has 2 rings (SSSR count). The molecule has 0 saturated carbocycles. The average molecular weight is 308 g/mol. The molecule has 1 aliphatic heterocycles. The summed E-state index contributed by atoms with van der Waals surface area (Å²) in [5.41, 5.74) is 3.84. The maximum absolute atomic E-state index is 12.4. The minimum Gasteiger partial charge on any atom is -0.392 e. The Morgan fingerprint density at radius 3 is 2.50 bits per heavy atom. The van der Waals surface area contributed by atoms with Crippen molar-refractivity contribution in [3.63, 3.8) is 0 Å². The maximum atomic E-state index is 12.4. The van der Waals surface area contributed by atoms with Gasteiger partial charge in [-0.1, -0.05) is 26.7 Å². The second-order valence-corrected chi connectivity index (χ2v) is 6.40. The van der Waals surface area contributed by atoms with Gasteiger partial charge in [0.25, 0.3) is 11.5 Å². The summed E-state index contributed by atoms with van der Waals surface area (Å²) in [6, 6.07) is 0. The zero-order valence-electron chi connectivity index (χ0n) is 13.1. The van der Waals surface area contributed by atoms with Crippen molar-refractivity contribution in [2.24, 2.45) is 11.8 Å². The van der Waals surface area contributed by atoms with Crippen LogP contribution in [0.5, 0.6) is 0 Å². The van der Waals surface area contributed by atoms with Crippen LogP contribution in [0.2, 0.25) is 0 Å². The van der Waals surface area contributed by atoms with Crippen LogP contribution >= 0.6 is 0 Å². The molecule has 0 aliphatic carbocycles. The van der Waals surface area contributed by atoms with Gasteiger partial charge in [-0.05, 0) is 24.7 Å². The van der Waals surface area contributed by atoms with Crippen LogP contribution in [0.4, 0.5) is 5.69 Å². The lowest BCUT2D eigenvalue weighted by Gasteiger charge is -2.32. The molecule has 4 N–H and O–H groups in total. The summed E-state index contributed by atoms with van der Waals surface area (Å²) < 4.78 is 0. The first-order valence-electron chi connectivity index (χ1n) is 7.79. The highest BCUT2D eigenvalue weighted by atomic mass is 16.2. The molecule has 122 valence electrons. The summed E-state index contributed by atoms with van der Waals surface area (Å²) in [7, 11) is 0. The standard InChI is InChI=1S/C15H24N4O3/c1-9(2)3-4-10-5-7-19(8-6-10)14(21)12-11(16)13(20)18-15(22)17-12/h9-10H,3-8,16H2,1-2H3,(H2,17,18,20,22). The van der Waals surface area contributed by atoms with E-state index >= 15 is 0 Å². The van der Waals surface area contributed by atoms with E-state index in [-0.39, 0.29) is 17.3 Å². The monoisotopic (exact) mass is 308 g/mol. The van der Waals surface area contributed by atoms with Crippen LogP contribution in [-0.4, -0.2) is 33.9 Å². The van der Waals surface area contributed by atoms with Crippen molar-refractivity contribution in [3.8, 4) is 0 Å². The highest BCUT2D eigenvalue weighted by Gasteiger charge is 2.26. The molecular formula is C15H24N4O3. The van der Waals surface area contributed by atoms with Gasteiger partial charge in [-0.2, -0.15) is 0 Å². The number of likely N-dealkylation sites (tertiary alicyclic amines) is 1. The molecule has 0 aromatic carbocycles. The highest BCUT2D eigenvalue weighted by molar-refractivity contribution is 5.96. The summed E-state index contributed by atoms with van der Waals surface area (Å²) in [5.74, 6) is 0.964. The smallest absolute Gasteiger partial charge is 0.326 e. The number of piperidine rings is 1. The van der Waals surface area contributed by atoms with E-state index in [0.29, 0.717) is 24.9 Å². The van der Waals surface area contributed by atoms with E-state index in [2.05, 4.69) is 18.8 Å². The first-order valence-corrected chi connectivity index (χ1v) is 7.79. The highest BCUT2D eigenvalue weighted by Crippen LogP contribution is 2.24. The number of nitrogens with two attached hydrogens (primary N) is 1. The predicted octanol–water partition coefficient (Wildman–Crippen LogP) is 0.934. The number of H-pyrrole nitrogens is 2. The van der Waals surface area contributed by atoms with Crippen LogP contribution in [0, 0.1) is 11.8 Å². The van der Waals surface area contributed by atoms with Crippen LogP contribution in [0.1, 0.15) is 50.0 Å². The van der Waals surface area contributed by atoms with Gasteiger partial charge < -0.3 is 15.6 Å². The number of carbonyl (C=O) groups is 1. The Kier molecular flexibility index (Phi) is 5.05. The average Bonchev–Trinajstić information content (AvgIpc) is 2.48. The zero-order chi connectivity index (χ0) is 16.3. The van der Waals surface area contributed by atoms with Crippen molar-refractivity contribution in [1.82, 2.24) is 14.9 Å². The first-order chi connectivity index (χ1) is 10.4. The zero-order valence-corrected chi connectivity index (χ0v) is 13.1. The van der Waals surface area contributed by atoms with Gasteiger partial charge in [-0.15, -0.1) is 0 Å². The summed E-state index contributed by atoms with van der Waals surface area (Å²) in [5, 5.41) is 0. The molecule has 1 aliphatic rings. The molecule has 7 heteroatoms. The number of aromatic amines is 2. The number of anilines is 1. The number of amides is 1. The van der Waals surface area contributed by atoms with Gasteiger partial charge in [0.1, 0.15) is 11.4 Å². The molecule has 0 unspecified atom stereocenters. The molecule has 1 aromatic heterocycles.